The first-order chi connectivity index (χ1) is 10.3. The Morgan fingerprint density at radius 3 is 1.76 bits per heavy atom. The van der Waals surface area contributed by atoms with Crippen molar-refractivity contribution in [2.75, 3.05) is 6.54 Å². The fourth-order valence-electron chi connectivity index (χ4n) is 3.31. The zero-order chi connectivity index (χ0) is 15.3. The SMILES string of the molecule is CCCCCCCCCCCCCCC1NCC(N)C1O. The molecule has 1 fully saturated rings. The van der Waals surface area contributed by atoms with Crippen molar-refractivity contribution < 1.29 is 5.11 Å². The van der Waals surface area contributed by atoms with Crippen LogP contribution in [0.2, 0.25) is 0 Å². The van der Waals surface area contributed by atoms with Gasteiger partial charge in [0.25, 0.3) is 0 Å². The van der Waals surface area contributed by atoms with Gasteiger partial charge in [-0.15, -0.1) is 0 Å². The Balaban J connectivity index is 1.77. The predicted octanol–water partition coefficient (Wildman–Crippen LogP) is 3.74. The maximum absolute atomic E-state index is 9.85. The lowest BCUT2D eigenvalue weighted by molar-refractivity contribution is 0.139. The maximum atomic E-state index is 9.85. The Kier molecular flexibility index (Phi) is 11.2. The fourth-order valence-corrected chi connectivity index (χ4v) is 3.31. The lowest BCUT2D eigenvalue weighted by atomic mass is 10.0. The summed E-state index contributed by atoms with van der Waals surface area (Å²) in [4.78, 5) is 0. The smallest absolute Gasteiger partial charge is 0.0856 e. The van der Waals surface area contributed by atoms with Crippen LogP contribution in [-0.2, 0) is 0 Å². The van der Waals surface area contributed by atoms with Crippen LogP contribution in [0.5, 0.6) is 0 Å². The van der Waals surface area contributed by atoms with Crippen LogP contribution in [0.15, 0.2) is 0 Å². The number of hydrogen-bond donors (Lipinski definition) is 3. The number of hydrogen-bond acceptors (Lipinski definition) is 3. The Hall–Kier alpha value is -0.120. The van der Waals surface area contributed by atoms with E-state index in [1.807, 2.05) is 0 Å². The van der Waals surface area contributed by atoms with Crippen LogP contribution >= 0.6 is 0 Å². The molecular weight excluding hydrogens is 260 g/mol. The zero-order valence-electron chi connectivity index (χ0n) is 14.2. The fraction of sp³-hybridized carbons (Fsp3) is 1.00. The van der Waals surface area contributed by atoms with Crippen LogP contribution in [0, 0.1) is 0 Å². The summed E-state index contributed by atoms with van der Waals surface area (Å²) in [6.07, 6.45) is 17.3. The molecular formula is C18H38N2O. The standard InChI is InChI=1S/C18H38N2O/c1-2-3-4-5-6-7-8-9-10-11-12-13-14-17-18(21)16(19)15-20-17/h16-18,20-21H,2-15,19H2,1H3. The van der Waals surface area contributed by atoms with Crippen molar-refractivity contribution in [3.8, 4) is 0 Å². The predicted molar refractivity (Wildman–Crippen MR) is 91.5 cm³/mol. The molecule has 0 aromatic rings. The lowest BCUT2D eigenvalue weighted by Gasteiger charge is -2.16. The quantitative estimate of drug-likeness (QED) is 0.454. The van der Waals surface area contributed by atoms with Crippen molar-refractivity contribution in [3.63, 3.8) is 0 Å². The highest BCUT2D eigenvalue weighted by Crippen LogP contribution is 2.16. The van der Waals surface area contributed by atoms with Gasteiger partial charge in [0.2, 0.25) is 0 Å². The zero-order valence-corrected chi connectivity index (χ0v) is 14.2. The van der Waals surface area contributed by atoms with Crippen LogP contribution in [0.1, 0.15) is 90.4 Å². The Bertz CT molecular complexity index is 235. The molecule has 0 bridgehead atoms. The first kappa shape index (κ1) is 18.9. The van der Waals surface area contributed by atoms with Gasteiger partial charge in [0.15, 0.2) is 0 Å². The summed E-state index contributed by atoms with van der Waals surface area (Å²) >= 11 is 0. The van der Waals surface area contributed by atoms with Gasteiger partial charge in [0.1, 0.15) is 0 Å². The molecule has 1 rings (SSSR count). The van der Waals surface area contributed by atoms with Gasteiger partial charge in [0.05, 0.1) is 6.10 Å². The number of rotatable bonds is 13. The summed E-state index contributed by atoms with van der Waals surface area (Å²) in [5.41, 5.74) is 5.79. The van der Waals surface area contributed by atoms with Crippen molar-refractivity contribution in [1.29, 1.82) is 0 Å². The third kappa shape index (κ3) is 8.80. The topological polar surface area (TPSA) is 58.3 Å². The Labute approximate surface area is 132 Å². The minimum Gasteiger partial charge on any atom is -0.390 e. The highest BCUT2D eigenvalue weighted by molar-refractivity contribution is 4.92. The normalized spacial score (nSPS) is 25.6. The van der Waals surface area contributed by atoms with Crippen molar-refractivity contribution in [3.05, 3.63) is 0 Å². The molecule has 3 atom stereocenters. The molecule has 0 aromatic heterocycles. The van der Waals surface area contributed by atoms with E-state index in [0.29, 0.717) is 0 Å². The molecule has 0 aromatic carbocycles. The van der Waals surface area contributed by atoms with Crippen LogP contribution in [-0.4, -0.2) is 29.8 Å². The Morgan fingerprint density at radius 2 is 1.33 bits per heavy atom. The largest absolute Gasteiger partial charge is 0.390 e. The molecule has 1 aliphatic heterocycles. The average Bonchev–Trinajstić information content (AvgIpc) is 2.80. The number of aliphatic hydroxyl groups excluding tert-OH is 1. The van der Waals surface area contributed by atoms with Crippen LogP contribution in [0.4, 0.5) is 0 Å². The molecule has 4 N–H and O–H groups in total. The molecule has 126 valence electrons. The van der Waals surface area contributed by atoms with E-state index < -0.39 is 0 Å². The highest BCUT2D eigenvalue weighted by atomic mass is 16.3. The second-order valence-corrected chi connectivity index (χ2v) is 6.85. The number of unbranched alkanes of at least 4 members (excludes halogenated alkanes) is 11. The van der Waals surface area contributed by atoms with Gasteiger partial charge >= 0.3 is 0 Å². The third-order valence-corrected chi connectivity index (χ3v) is 4.84. The van der Waals surface area contributed by atoms with Gasteiger partial charge in [-0.25, -0.2) is 0 Å². The van der Waals surface area contributed by atoms with Crippen molar-refractivity contribution >= 4 is 0 Å². The molecule has 0 radical (unpaired) electrons. The maximum Gasteiger partial charge on any atom is 0.0856 e. The summed E-state index contributed by atoms with van der Waals surface area (Å²) in [5.74, 6) is 0. The van der Waals surface area contributed by atoms with Gasteiger partial charge in [-0.3, -0.25) is 0 Å². The van der Waals surface area contributed by atoms with E-state index in [1.54, 1.807) is 0 Å². The summed E-state index contributed by atoms with van der Waals surface area (Å²) in [7, 11) is 0. The number of nitrogens with two attached hydrogens (primary N) is 1. The van der Waals surface area contributed by atoms with E-state index >= 15 is 0 Å². The van der Waals surface area contributed by atoms with Crippen LogP contribution < -0.4 is 11.1 Å². The molecule has 21 heavy (non-hydrogen) atoms. The Morgan fingerprint density at radius 1 is 0.857 bits per heavy atom. The minimum absolute atomic E-state index is 0.0627. The average molecular weight is 299 g/mol. The molecule has 0 saturated carbocycles. The summed E-state index contributed by atoms with van der Waals surface area (Å²) in [6.45, 7) is 3.04. The van der Waals surface area contributed by atoms with Crippen molar-refractivity contribution in [2.24, 2.45) is 5.73 Å². The molecule has 1 aliphatic rings. The van der Waals surface area contributed by atoms with Crippen LogP contribution in [0.3, 0.4) is 0 Å². The number of aliphatic hydroxyl groups is 1. The van der Waals surface area contributed by atoms with Crippen LogP contribution in [0.25, 0.3) is 0 Å². The van der Waals surface area contributed by atoms with Crippen molar-refractivity contribution in [1.82, 2.24) is 5.32 Å². The monoisotopic (exact) mass is 298 g/mol. The van der Waals surface area contributed by atoms with E-state index in [2.05, 4.69) is 12.2 Å². The summed E-state index contributed by atoms with van der Waals surface area (Å²) in [6, 6.07) is 0.176. The highest BCUT2D eigenvalue weighted by Gasteiger charge is 2.30. The minimum atomic E-state index is -0.335. The van der Waals surface area contributed by atoms with Gasteiger partial charge in [-0.2, -0.15) is 0 Å². The molecule has 3 unspecified atom stereocenters. The number of nitrogens with one attached hydrogen (secondary N) is 1. The molecule has 3 heteroatoms. The van der Waals surface area contributed by atoms with Gasteiger partial charge < -0.3 is 16.2 Å². The second kappa shape index (κ2) is 12.4. The van der Waals surface area contributed by atoms with Gasteiger partial charge in [-0.05, 0) is 6.42 Å². The van der Waals surface area contributed by atoms with E-state index in [9.17, 15) is 5.11 Å². The third-order valence-electron chi connectivity index (χ3n) is 4.84. The molecule has 0 aliphatic carbocycles. The van der Waals surface area contributed by atoms with E-state index in [-0.39, 0.29) is 18.2 Å². The molecule has 0 amide bonds. The van der Waals surface area contributed by atoms with E-state index in [4.69, 9.17) is 5.73 Å². The molecule has 0 spiro atoms. The molecule has 1 saturated heterocycles. The summed E-state index contributed by atoms with van der Waals surface area (Å²) in [5, 5.41) is 13.2. The first-order valence-electron chi connectivity index (χ1n) is 9.42. The second-order valence-electron chi connectivity index (χ2n) is 6.85. The first-order valence-corrected chi connectivity index (χ1v) is 9.42. The lowest BCUT2D eigenvalue weighted by Crippen LogP contribution is -2.37. The van der Waals surface area contributed by atoms with E-state index in [0.717, 1.165) is 13.0 Å². The van der Waals surface area contributed by atoms with Crippen molar-refractivity contribution in [2.45, 2.75) is 109 Å². The van der Waals surface area contributed by atoms with Gasteiger partial charge in [-0.1, -0.05) is 84.0 Å². The molecule has 3 nitrogen and oxygen atoms in total. The molecule has 1 heterocycles. The van der Waals surface area contributed by atoms with Gasteiger partial charge in [0, 0.05) is 18.6 Å². The summed E-state index contributed by atoms with van der Waals surface area (Å²) < 4.78 is 0. The van der Waals surface area contributed by atoms with E-state index in [1.165, 1.54) is 77.0 Å².